The molecule has 0 radical (unpaired) electrons. The molecule has 4 rings (SSSR count). The number of ether oxygens (including phenoxy) is 5. The number of pyridine rings is 1. The van der Waals surface area contributed by atoms with Crippen LogP contribution in [0.5, 0.6) is 23.3 Å². The summed E-state index contributed by atoms with van der Waals surface area (Å²) in [6.07, 6.45) is -0.869. The number of esters is 1. The smallest absolute Gasteiger partial charge is 0.302 e. The van der Waals surface area contributed by atoms with E-state index in [2.05, 4.69) is 4.98 Å². The first-order chi connectivity index (χ1) is 16.8. The van der Waals surface area contributed by atoms with Crippen LogP contribution in [0.4, 0.5) is 8.78 Å². The van der Waals surface area contributed by atoms with Gasteiger partial charge in [0.05, 0.1) is 38.6 Å². The summed E-state index contributed by atoms with van der Waals surface area (Å²) < 4.78 is 52.9. The Labute approximate surface area is 202 Å². The third kappa shape index (κ3) is 5.16. The fourth-order valence-corrected chi connectivity index (χ4v) is 4.78. The molecule has 3 unspecified atom stereocenters. The lowest BCUT2D eigenvalue weighted by atomic mass is 9.74. The Hall–Kier alpha value is -3.43. The van der Waals surface area contributed by atoms with Gasteiger partial charge in [-0.3, -0.25) is 9.79 Å². The molecule has 0 saturated heterocycles. The van der Waals surface area contributed by atoms with Crippen LogP contribution in [0.3, 0.4) is 0 Å². The lowest BCUT2D eigenvalue weighted by molar-refractivity contribution is -0.148. The van der Waals surface area contributed by atoms with Gasteiger partial charge in [0.1, 0.15) is 12.7 Å². The minimum absolute atomic E-state index is 0.0536. The lowest BCUT2D eigenvalue weighted by Crippen LogP contribution is -2.36. The largest absolute Gasteiger partial charge is 0.493 e. The second kappa shape index (κ2) is 10.5. The van der Waals surface area contributed by atoms with Crippen LogP contribution in [-0.2, 0) is 9.53 Å². The average molecular weight is 491 g/mol. The summed E-state index contributed by atoms with van der Waals surface area (Å²) in [5.74, 6) is 0.868. The Morgan fingerprint density at radius 3 is 2.51 bits per heavy atom. The number of carbonyl (C=O) groups excluding carboxylic acids is 1. The molecule has 1 aromatic heterocycles. The molecule has 2 aromatic rings. The maximum absolute atomic E-state index is 12.9. The Bertz CT molecular complexity index is 1120. The van der Waals surface area contributed by atoms with Crippen LogP contribution in [0.15, 0.2) is 29.3 Å². The normalized spacial score (nSPS) is 20.9. The molecule has 1 saturated carbocycles. The molecule has 1 aliphatic carbocycles. The third-order valence-corrected chi connectivity index (χ3v) is 6.24. The number of halogens is 2. The molecule has 1 aliphatic heterocycles. The number of aromatic nitrogens is 1. The fourth-order valence-electron chi connectivity index (χ4n) is 4.78. The minimum Gasteiger partial charge on any atom is -0.493 e. The number of fused-ring (bicyclic) bond motifs is 3. The molecule has 0 spiro atoms. The van der Waals surface area contributed by atoms with Crippen molar-refractivity contribution in [2.45, 2.75) is 50.7 Å². The Kier molecular flexibility index (Phi) is 7.37. The van der Waals surface area contributed by atoms with E-state index < -0.39 is 13.0 Å². The van der Waals surface area contributed by atoms with Crippen LogP contribution in [-0.4, -0.2) is 63.2 Å². The van der Waals surface area contributed by atoms with E-state index in [1.807, 2.05) is 12.1 Å². The van der Waals surface area contributed by atoms with Crippen molar-refractivity contribution in [3.05, 3.63) is 41.0 Å². The van der Waals surface area contributed by atoms with Crippen LogP contribution in [0, 0.1) is 0 Å². The number of methoxy groups -OCH3 is 3. The highest BCUT2D eigenvalue weighted by atomic mass is 19.3. The number of rotatable bonds is 8. The zero-order chi connectivity index (χ0) is 25.1. The maximum atomic E-state index is 12.9. The molecule has 3 atom stereocenters. The zero-order valence-corrected chi connectivity index (χ0v) is 20.0. The number of nitrogens with zero attached hydrogens (tertiary/aromatic N) is 2. The molecular formula is C25H28F2N2O6. The first-order valence-electron chi connectivity index (χ1n) is 11.3. The van der Waals surface area contributed by atoms with E-state index in [9.17, 15) is 13.6 Å². The minimum atomic E-state index is -2.64. The third-order valence-electron chi connectivity index (χ3n) is 6.24. The van der Waals surface area contributed by atoms with Gasteiger partial charge in [0, 0.05) is 24.5 Å². The van der Waals surface area contributed by atoms with Gasteiger partial charge in [-0.05, 0) is 43.0 Å². The Morgan fingerprint density at radius 2 is 1.86 bits per heavy atom. The molecule has 188 valence electrons. The Balaban J connectivity index is 1.84. The van der Waals surface area contributed by atoms with E-state index in [0.717, 1.165) is 5.56 Å². The van der Waals surface area contributed by atoms with Gasteiger partial charge in [-0.1, -0.05) is 0 Å². The predicted molar refractivity (Wildman–Crippen MR) is 123 cm³/mol. The summed E-state index contributed by atoms with van der Waals surface area (Å²) in [5, 5.41) is 0. The molecule has 2 heterocycles. The van der Waals surface area contributed by atoms with Crippen molar-refractivity contribution < 1.29 is 37.3 Å². The van der Waals surface area contributed by atoms with E-state index >= 15 is 0 Å². The van der Waals surface area contributed by atoms with Gasteiger partial charge in [0.15, 0.2) is 11.5 Å². The van der Waals surface area contributed by atoms with Crippen LogP contribution in [0.1, 0.15) is 48.8 Å². The van der Waals surface area contributed by atoms with Crippen molar-refractivity contribution >= 4 is 11.7 Å². The van der Waals surface area contributed by atoms with E-state index in [4.69, 9.17) is 28.7 Å². The molecule has 10 heteroatoms. The first-order valence-corrected chi connectivity index (χ1v) is 11.3. The summed E-state index contributed by atoms with van der Waals surface area (Å²) in [4.78, 5) is 21.0. The van der Waals surface area contributed by atoms with Crippen LogP contribution < -0.4 is 18.9 Å². The number of benzene rings is 1. The van der Waals surface area contributed by atoms with Gasteiger partial charge in [-0.15, -0.1) is 0 Å². The van der Waals surface area contributed by atoms with Crippen molar-refractivity contribution in [3.63, 3.8) is 0 Å². The quantitative estimate of drug-likeness (QED) is 0.513. The summed E-state index contributed by atoms with van der Waals surface area (Å²) in [5.41, 5.74) is 2.87. The van der Waals surface area contributed by atoms with E-state index in [-0.39, 0.29) is 29.8 Å². The summed E-state index contributed by atoms with van der Waals surface area (Å²) >= 11 is 0. The van der Waals surface area contributed by atoms with Gasteiger partial charge in [0.2, 0.25) is 11.8 Å². The monoisotopic (exact) mass is 490 g/mol. The fraction of sp³-hybridized carbons (Fsp3) is 0.480. The number of hydrogen-bond acceptors (Lipinski definition) is 8. The average Bonchev–Trinajstić information content (AvgIpc) is 2.85. The van der Waals surface area contributed by atoms with Crippen molar-refractivity contribution in [1.82, 2.24) is 4.98 Å². The van der Waals surface area contributed by atoms with Gasteiger partial charge in [-0.2, -0.15) is 4.98 Å². The first kappa shape index (κ1) is 24.7. The maximum Gasteiger partial charge on any atom is 0.302 e. The topological polar surface area (TPSA) is 88.5 Å². The standard InChI is InChI=1S/C25H28F2N2O6/c1-13(30)35-14-5-7-19-17(9-14)16-10-20(31-2)21(34-12-22(26)27)11-18(16)24(28-19)15-6-8-23(32-3)29-25(15)33-4/h6,8,10-11,14,17,19,22H,5,7,9,12H2,1-4H3. The van der Waals surface area contributed by atoms with Crippen LogP contribution in [0.2, 0.25) is 0 Å². The molecule has 0 bridgehead atoms. The van der Waals surface area contributed by atoms with Gasteiger partial charge in [-0.25, -0.2) is 8.78 Å². The molecule has 0 N–H and O–H groups in total. The lowest BCUT2D eigenvalue weighted by Gasteiger charge is -2.38. The second-order valence-corrected chi connectivity index (χ2v) is 8.40. The number of aliphatic imine (C=N–C) groups is 1. The molecule has 2 aliphatic rings. The highest BCUT2D eigenvalue weighted by Gasteiger charge is 2.39. The summed E-state index contributed by atoms with van der Waals surface area (Å²) in [6, 6.07) is 6.92. The number of hydrogen-bond donors (Lipinski definition) is 0. The van der Waals surface area contributed by atoms with Crippen LogP contribution in [0.25, 0.3) is 0 Å². The van der Waals surface area contributed by atoms with E-state index in [0.29, 0.717) is 53.6 Å². The summed E-state index contributed by atoms with van der Waals surface area (Å²) in [6.45, 7) is 0.630. The van der Waals surface area contributed by atoms with Gasteiger partial charge >= 0.3 is 5.97 Å². The van der Waals surface area contributed by atoms with Crippen molar-refractivity contribution in [1.29, 1.82) is 0 Å². The highest BCUT2D eigenvalue weighted by Crippen LogP contribution is 2.46. The molecule has 0 amide bonds. The van der Waals surface area contributed by atoms with E-state index in [1.165, 1.54) is 28.3 Å². The molecule has 1 fully saturated rings. The molecular weight excluding hydrogens is 462 g/mol. The SMILES string of the molecule is COc1ccc(C2=NC3CCC(OC(C)=O)CC3c3cc(OC)c(OCC(F)F)cc32)c(OC)n1. The van der Waals surface area contributed by atoms with Gasteiger partial charge in [0.25, 0.3) is 6.43 Å². The molecule has 35 heavy (non-hydrogen) atoms. The van der Waals surface area contributed by atoms with Crippen LogP contribution >= 0.6 is 0 Å². The van der Waals surface area contributed by atoms with Crippen molar-refractivity contribution in [3.8, 4) is 23.3 Å². The number of alkyl halides is 2. The van der Waals surface area contributed by atoms with Crippen molar-refractivity contribution in [2.24, 2.45) is 4.99 Å². The van der Waals surface area contributed by atoms with Gasteiger partial charge < -0.3 is 23.7 Å². The number of carbonyl (C=O) groups is 1. The predicted octanol–water partition coefficient (Wildman–Crippen LogP) is 4.17. The zero-order valence-electron chi connectivity index (χ0n) is 20.0. The summed E-state index contributed by atoms with van der Waals surface area (Å²) in [7, 11) is 4.49. The second-order valence-electron chi connectivity index (χ2n) is 8.40. The Morgan fingerprint density at radius 1 is 1.06 bits per heavy atom. The molecule has 1 aromatic carbocycles. The van der Waals surface area contributed by atoms with Crippen molar-refractivity contribution in [2.75, 3.05) is 27.9 Å². The molecule has 8 nitrogen and oxygen atoms in total. The van der Waals surface area contributed by atoms with E-state index in [1.54, 1.807) is 12.1 Å². The highest BCUT2D eigenvalue weighted by molar-refractivity contribution is 6.16.